The van der Waals surface area contributed by atoms with Crippen LogP contribution in [0.2, 0.25) is 0 Å². The van der Waals surface area contributed by atoms with Crippen LogP contribution in [-0.2, 0) is 16.1 Å². The molecular formula is C20H22N2O3S. The van der Waals surface area contributed by atoms with Crippen LogP contribution in [0.1, 0.15) is 30.9 Å². The number of carbonyl (C=O) groups excluding carboxylic acids is 2. The number of rotatable bonds is 4. The first kappa shape index (κ1) is 17.1. The molecule has 0 bridgehead atoms. The summed E-state index contributed by atoms with van der Waals surface area (Å²) >= 11 is 1.50. The lowest BCUT2D eigenvalue weighted by atomic mass is 9.91. The molecule has 26 heavy (non-hydrogen) atoms. The lowest BCUT2D eigenvalue weighted by Gasteiger charge is -2.37. The highest BCUT2D eigenvalue weighted by atomic mass is 32.1. The molecule has 2 aliphatic heterocycles. The number of hydrogen-bond donors (Lipinski definition) is 0. The van der Waals surface area contributed by atoms with Crippen molar-refractivity contribution in [2.75, 3.05) is 13.1 Å². The van der Waals surface area contributed by atoms with Crippen molar-refractivity contribution >= 4 is 28.7 Å². The number of imide groups is 1. The van der Waals surface area contributed by atoms with Crippen LogP contribution in [-0.4, -0.2) is 34.7 Å². The molecule has 0 aromatic carbocycles. The summed E-state index contributed by atoms with van der Waals surface area (Å²) < 4.78 is 5.36. The molecule has 2 amide bonds. The molecule has 6 heteroatoms. The predicted octanol–water partition coefficient (Wildman–Crippen LogP) is 3.60. The molecule has 0 spiro atoms. The van der Waals surface area contributed by atoms with E-state index in [4.69, 9.17) is 4.42 Å². The smallest absolute Gasteiger partial charge is 0.278 e. The lowest BCUT2D eigenvalue weighted by Crippen LogP contribution is -2.41. The molecule has 1 saturated heterocycles. The quantitative estimate of drug-likeness (QED) is 0.772. The summed E-state index contributed by atoms with van der Waals surface area (Å²) in [5.74, 6) is 1.17. The number of thiophene rings is 1. The minimum absolute atomic E-state index is 0.169. The highest BCUT2D eigenvalue weighted by Crippen LogP contribution is 2.37. The minimum Gasteiger partial charge on any atom is -0.467 e. The van der Waals surface area contributed by atoms with Gasteiger partial charge in [-0.3, -0.25) is 14.5 Å². The van der Waals surface area contributed by atoms with E-state index >= 15 is 0 Å². The minimum atomic E-state index is -0.227. The number of piperidine rings is 1. The van der Waals surface area contributed by atoms with E-state index in [-0.39, 0.29) is 18.4 Å². The highest BCUT2D eigenvalue weighted by Gasteiger charge is 2.43. The van der Waals surface area contributed by atoms with E-state index in [0.717, 1.165) is 24.4 Å². The van der Waals surface area contributed by atoms with Gasteiger partial charge in [-0.25, -0.2) is 0 Å². The van der Waals surface area contributed by atoms with E-state index in [9.17, 15) is 9.59 Å². The number of amides is 2. The van der Waals surface area contributed by atoms with Crippen molar-refractivity contribution in [1.82, 2.24) is 9.80 Å². The molecular weight excluding hydrogens is 348 g/mol. The maximum Gasteiger partial charge on any atom is 0.278 e. The Balaban J connectivity index is 1.73. The third kappa shape index (κ3) is 2.98. The van der Waals surface area contributed by atoms with Gasteiger partial charge in [-0.15, -0.1) is 11.3 Å². The number of furan rings is 1. The molecule has 0 saturated carbocycles. The van der Waals surface area contributed by atoms with Crippen molar-refractivity contribution in [3.8, 4) is 0 Å². The molecule has 4 heterocycles. The van der Waals surface area contributed by atoms with Crippen LogP contribution in [0.5, 0.6) is 0 Å². The summed E-state index contributed by atoms with van der Waals surface area (Å²) in [5, 5.41) is 1.94. The zero-order chi connectivity index (χ0) is 18.3. The molecule has 2 atom stereocenters. The van der Waals surface area contributed by atoms with Gasteiger partial charge in [0, 0.05) is 18.0 Å². The van der Waals surface area contributed by atoms with E-state index in [1.165, 1.54) is 16.2 Å². The Bertz CT molecular complexity index is 829. The van der Waals surface area contributed by atoms with Gasteiger partial charge in [-0.2, -0.15) is 0 Å². The zero-order valence-corrected chi connectivity index (χ0v) is 15.8. The van der Waals surface area contributed by atoms with E-state index in [1.54, 1.807) is 18.4 Å². The topological polar surface area (TPSA) is 53.8 Å². The Morgan fingerprint density at radius 2 is 1.88 bits per heavy atom. The first-order valence-electron chi connectivity index (χ1n) is 8.96. The van der Waals surface area contributed by atoms with Crippen LogP contribution in [0, 0.1) is 11.8 Å². The van der Waals surface area contributed by atoms with E-state index in [1.807, 2.05) is 17.5 Å². The monoisotopic (exact) mass is 370 g/mol. The third-order valence-electron chi connectivity index (χ3n) is 4.99. The SMILES string of the molecule is CC1CC(C)CN(C2=C(c3cccs3)C(=O)N(Cc3ccco3)C2=O)C1. The number of likely N-dealkylation sites (tertiary alicyclic amines) is 1. The van der Waals surface area contributed by atoms with Gasteiger partial charge in [-0.1, -0.05) is 19.9 Å². The molecule has 2 unspecified atom stereocenters. The fraction of sp³-hybridized carbons (Fsp3) is 0.400. The lowest BCUT2D eigenvalue weighted by molar-refractivity contribution is -0.138. The van der Waals surface area contributed by atoms with Crippen LogP contribution in [0.3, 0.4) is 0 Å². The maximum absolute atomic E-state index is 13.2. The normalized spacial score (nSPS) is 24.1. The second-order valence-electron chi connectivity index (χ2n) is 7.33. The van der Waals surface area contributed by atoms with Crippen molar-refractivity contribution in [1.29, 1.82) is 0 Å². The average molecular weight is 370 g/mol. The maximum atomic E-state index is 13.2. The van der Waals surface area contributed by atoms with Crippen molar-refractivity contribution in [2.24, 2.45) is 11.8 Å². The van der Waals surface area contributed by atoms with Crippen LogP contribution in [0.4, 0.5) is 0 Å². The molecule has 4 rings (SSSR count). The second-order valence-corrected chi connectivity index (χ2v) is 8.28. The predicted molar refractivity (Wildman–Crippen MR) is 100 cm³/mol. The van der Waals surface area contributed by atoms with Gasteiger partial charge in [0.1, 0.15) is 11.5 Å². The van der Waals surface area contributed by atoms with Crippen LogP contribution >= 0.6 is 11.3 Å². The molecule has 0 radical (unpaired) electrons. The molecule has 1 fully saturated rings. The molecule has 2 aliphatic rings. The van der Waals surface area contributed by atoms with Gasteiger partial charge < -0.3 is 9.32 Å². The Kier molecular flexibility index (Phi) is 4.44. The summed E-state index contributed by atoms with van der Waals surface area (Å²) in [6, 6.07) is 7.38. The van der Waals surface area contributed by atoms with Crippen molar-refractivity contribution in [3.05, 3.63) is 52.2 Å². The summed E-state index contributed by atoms with van der Waals surface area (Å²) in [6.45, 7) is 6.19. The third-order valence-corrected chi connectivity index (χ3v) is 5.88. The van der Waals surface area contributed by atoms with Gasteiger partial charge in [0.15, 0.2) is 0 Å². The van der Waals surface area contributed by atoms with E-state index < -0.39 is 0 Å². The molecule has 2 aromatic rings. The summed E-state index contributed by atoms with van der Waals surface area (Å²) in [4.78, 5) is 30.7. The Morgan fingerprint density at radius 1 is 1.12 bits per heavy atom. The Hall–Kier alpha value is -2.34. The first-order chi connectivity index (χ1) is 12.5. The fourth-order valence-corrected chi connectivity index (χ4v) is 4.81. The van der Waals surface area contributed by atoms with Gasteiger partial charge in [0.05, 0.1) is 18.4 Å². The van der Waals surface area contributed by atoms with Crippen LogP contribution in [0.15, 0.2) is 46.0 Å². The number of carbonyl (C=O) groups is 2. The van der Waals surface area contributed by atoms with Gasteiger partial charge >= 0.3 is 0 Å². The van der Waals surface area contributed by atoms with Gasteiger partial charge in [0.2, 0.25) is 0 Å². The highest BCUT2D eigenvalue weighted by molar-refractivity contribution is 7.11. The second kappa shape index (κ2) is 6.76. The first-order valence-corrected chi connectivity index (χ1v) is 9.84. The Labute approximate surface area is 156 Å². The van der Waals surface area contributed by atoms with Crippen molar-refractivity contribution < 1.29 is 14.0 Å². The summed E-state index contributed by atoms with van der Waals surface area (Å²) in [7, 11) is 0. The molecule has 136 valence electrons. The molecule has 0 aliphatic carbocycles. The summed E-state index contributed by atoms with van der Waals surface area (Å²) in [5.41, 5.74) is 1.10. The standard InChI is InChI=1S/C20H22N2O3S/c1-13-9-14(2)11-21(10-13)18-17(16-6-4-8-26-16)19(23)22(20(18)24)12-15-5-3-7-25-15/h3-8,13-14H,9-12H2,1-2H3. The van der Waals surface area contributed by atoms with Crippen LogP contribution in [0.25, 0.3) is 5.57 Å². The Morgan fingerprint density at radius 3 is 2.50 bits per heavy atom. The molecule has 2 aromatic heterocycles. The average Bonchev–Trinajstić information content (AvgIpc) is 3.31. The summed E-state index contributed by atoms with van der Waals surface area (Å²) in [6.07, 6.45) is 2.71. The zero-order valence-electron chi connectivity index (χ0n) is 15.0. The van der Waals surface area contributed by atoms with E-state index in [2.05, 4.69) is 18.7 Å². The van der Waals surface area contributed by atoms with Crippen LogP contribution < -0.4 is 0 Å². The van der Waals surface area contributed by atoms with Crippen molar-refractivity contribution in [3.63, 3.8) is 0 Å². The molecule has 5 nitrogen and oxygen atoms in total. The fourth-order valence-electron chi connectivity index (χ4n) is 4.05. The van der Waals surface area contributed by atoms with Gasteiger partial charge in [0.25, 0.3) is 11.8 Å². The number of nitrogens with zero attached hydrogens (tertiary/aromatic N) is 2. The largest absolute Gasteiger partial charge is 0.467 e. The van der Waals surface area contributed by atoms with Crippen molar-refractivity contribution in [2.45, 2.75) is 26.8 Å². The van der Waals surface area contributed by atoms with Gasteiger partial charge in [-0.05, 0) is 41.8 Å². The number of hydrogen-bond acceptors (Lipinski definition) is 5. The molecule has 0 N–H and O–H groups in total. The van der Waals surface area contributed by atoms with E-state index in [0.29, 0.717) is 28.9 Å².